The van der Waals surface area contributed by atoms with E-state index < -0.39 is 0 Å². The number of rotatable bonds is 5. The van der Waals surface area contributed by atoms with Crippen LogP contribution in [0.3, 0.4) is 0 Å². The third kappa shape index (κ3) is 4.36. The molecule has 4 aromatic rings. The fraction of sp³-hybridized carbons (Fsp3) is 0.231. The highest BCUT2D eigenvalue weighted by molar-refractivity contribution is 7.17. The lowest BCUT2D eigenvalue weighted by atomic mass is 10.1. The Morgan fingerprint density at radius 3 is 2.71 bits per heavy atom. The van der Waals surface area contributed by atoms with Gasteiger partial charge in [0, 0.05) is 36.4 Å². The SMILES string of the molecule is C=CC(=O)N1CCC[C@@H](n2c(NC(=O)c3ccc(-c4ccncc4)s3)nc3ccccc32)CC1. The van der Waals surface area contributed by atoms with Crippen molar-refractivity contribution >= 4 is 40.1 Å². The van der Waals surface area contributed by atoms with Gasteiger partial charge in [0.05, 0.1) is 15.9 Å². The topological polar surface area (TPSA) is 80.1 Å². The Balaban J connectivity index is 1.42. The first-order chi connectivity index (χ1) is 16.6. The highest BCUT2D eigenvalue weighted by Gasteiger charge is 2.25. The monoisotopic (exact) mass is 471 g/mol. The number of hydrogen-bond donors (Lipinski definition) is 1. The maximum atomic E-state index is 13.2. The van der Waals surface area contributed by atoms with Gasteiger partial charge in [-0.15, -0.1) is 11.3 Å². The maximum absolute atomic E-state index is 13.2. The molecule has 0 spiro atoms. The normalized spacial score (nSPS) is 16.2. The van der Waals surface area contributed by atoms with Crippen LogP contribution in [0.25, 0.3) is 21.5 Å². The molecule has 1 aromatic carbocycles. The Bertz CT molecular complexity index is 1340. The van der Waals surface area contributed by atoms with Crippen LogP contribution < -0.4 is 5.32 Å². The number of anilines is 1. The van der Waals surface area contributed by atoms with Gasteiger partial charge in [-0.1, -0.05) is 18.7 Å². The number of pyridine rings is 1. The Morgan fingerprint density at radius 1 is 1.06 bits per heavy atom. The van der Waals surface area contributed by atoms with E-state index >= 15 is 0 Å². The molecule has 0 unspecified atom stereocenters. The molecule has 5 rings (SSSR count). The third-order valence-corrected chi connectivity index (χ3v) is 7.30. The largest absolute Gasteiger partial charge is 0.339 e. The highest BCUT2D eigenvalue weighted by Crippen LogP contribution is 2.32. The second kappa shape index (κ2) is 9.61. The molecule has 172 valence electrons. The molecule has 0 radical (unpaired) electrons. The molecule has 0 bridgehead atoms. The predicted octanol–water partition coefficient (Wildman–Crippen LogP) is 5.15. The number of thiophene rings is 1. The van der Waals surface area contributed by atoms with Gasteiger partial charge in [0.15, 0.2) is 0 Å². The van der Waals surface area contributed by atoms with Crippen molar-refractivity contribution in [3.8, 4) is 10.4 Å². The van der Waals surface area contributed by atoms with Gasteiger partial charge in [-0.05, 0) is 67.3 Å². The zero-order chi connectivity index (χ0) is 23.5. The molecule has 0 saturated carbocycles. The van der Waals surface area contributed by atoms with Crippen molar-refractivity contribution in [3.05, 3.63) is 78.5 Å². The van der Waals surface area contributed by atoms with Crippen LogP contribution in [-0.2, 0) is 4.79 Å². The van der Waals surface area contributed by atoms with Crippen LogP contribution in [0.15, 0.2) is 73.6 Å². The lowest BCUT2D eigenvalue weighted by Crippen LogP contribution is -2.30. The second-order valence-electron chi connectivity index (χ2n) is 8.26. The smallest absolute Gasteiger partial charge is 0.268 e. The molecule has 1 saturated heterocycles. The van der Waals surface area contributed by atoms with Crippen LogP contribution in [0.5, 0.6) is 0 Å². The first-order valence-electron chi connectivity index (χ1n) is 11.3. The predicted molar refractivity (Wildman–Crippen MR) is 135 cm³/mol. The number of aromatic nitrogens is 3. The van der Waals surface area contributed by atoms with Gasteiger partial charge in [-0.25, -0.2) is 4.98 Å². The molecule has 0 aliphatic carbocycles. The van der Waals surface area contributed by atoms with Crippen molar-refractivity contribution in [1.82, 2.24) is 19.4 Å². The Labute approximate surface area is 201 Å². The summed E-state index contributed by atoms with van der Waals surface area (Å²) in [5.74, 6) is 0.324. The highest BCUT2D eigenvalue weighted by atomic mass is 32.1. The molecule has 4 heterocycles. The number of nitrogens with zero attached hydrogens (tertiary/aromatic N) is 4. The molecule has 1 N–H and O–H groups in total. The molecule has 1 atom stereocenters. The van der Waals surface area contributed by atoms with E-state index in [0.717, 1.165) is 40.7 Å². The van der Waals surface area contributed by atoms with E-state index in [4.69, 9.17) is 4.98 Å². The molecule has 2 amide bonds. The zero-order valence-electron chi connectivity index (χ0n) is 18.7. The number of hydrogen-bond acceptors (Lipinski definition) is 5. The summed E-state index contributed by atoms with van der Waals surface area (Å²) < 4.78 is 2.13. The summed E-state index contributed by atoms with van der Waals surface area (Å²) in [4.78, 5) is 37.6. The quantitative estimate of drug-likeness (QED) is 0.408. The summed E-state index contributed by atoms with van der Waals surface area (Å²) in [6, 6.07) is 15.7. The summed E-state index contributed by atoms with van der Waals surface area (Å²) in [6.45, 7) is 4.98. The van der Waals surface area contributed by atoms with Crippen LogP contribution >= 0.6 is 11.3 Å². The van der Waals surface area contributed by atoms with E-state index in [2.05, 4.69) is 21.4 Å². The van der Waals surface area contributed by atoms with Crippen molar-refractivity contribution in [2.75, 3.05) is 18.4 Å². The van der Waals surface area contributed by atoms with Crippen LogP contribution in [-0.4, -0.2) is 44.3 Å². The number of carbonyl (C=O) groups excluding carboxylic acids is 2. The van der Waals surface area contributed by atoms with E-state index in [9.17, 15) is 9.59 Å². The molecule has 7 nitrogen and oxygen atoms in total. The summed E-state index contributed by atoms with van der Waals surface area (Å²) >= 11 is 1.44. The van der Waals surface area contributed by atoms with Gasteiger partial charge in [0.1, 0.15) is 0 Å². The average Bonchev–Trinajstić information content (AvgIpc) is 3.43. The lowest BCUT2D eigenvalue weighted by molar-refractivity contribution is -0.125. The number of amides is 2. The van der Waals surface area contributed by atoms with Gasteiger partial charge in [0.25, 0.3) is 5.91 Å². The van der Waals surface area contributed by atoms with E-state index in [0.29, 0.717) is 23.9 Å². The molecular formula is C26H25N5O2S. The molecule has 34 heavy (non-hydrogen) atoms. The van der Waals surface area contributed by atoms with E-state index in [1.807, 2.05) is 53.4 Å². The number of fused-ring (bicyclic) bond motifs is 1. The van der Waals surface area contributed by atoms with E-state index in [1.165, 1.54) is 17.4 Å². The first kappa shape index (κ1) is 22.0. The van der Waals surface area contributed by atoms with E-state index in [-0.39, 0.29) is 17.9 Å². The minimum Gasteiger partial charge on any atom is -0.339 e. The number of para-hydroxylation sites is 2. The summed E-state index contributed by atoms with van der Waals surface area (Å²) in [5, 5.41) is 3.06. The molecule has 1 aliphatic rings. The number of benzene rings is 1. The average molecular weight is 472 g/mol. The molecule has 3 aromatic heterocycles. The van der Waals surface area contributed by atoms with E-state index in [1.54, 1.807) is 12.4 Å². The van der Waals surface area contributed by atoms with Crippen LogP contribution in [0.4, 0.5) is 5.95 Å². The van der Waals surface area contributed by atoms with Gasteiger partial charge in [-0.3, -0.25) is 19.9 Å². The number of imidazole rings is 1. The van der Waals surface area contributed by atoms with Crippen LogP contribution in [0, 0.1) is 0 Å². The minimum absolute atomic E-state index is 0.0348. The van der Waals surface area contributed by atoms with Gasteiger partial charge >= 0.3 is 0 Å². The Morgan fingerprint density at radius 2 is 1.88 bits per heavy atom. The number of carbonyl (C=O) groups is 2. The second-order valence-corrected chi connectivity index (χ2v) is 9.35. The summed E-state index contributed by atoms with van der Waals surface area (Å²) in [6.07, 6.45) is 7.43. The summed E-state index contributed by atoms with van der Waals surface area (Å²) in [5.41, 5.74) is 2.85. The van der Waals surface area contributed by atoms with Gasteiger partial charge in [-0.2, -0.15) is 0 Å². The molecule has 1 aliphatic heterocycles. The fourth-order valence-corrected chi connectivity index (χ4v) is 5.39. The molecular weight excluding hydrogens is 446 g/mol. The van der Waals surface area contributed by atoms with Crippen LogP contribution in [0.2, 0.25) is 0 Å². The standard InChI is InChI=1S/C26H25N5O2S/c1-2-24(32)30-16-5-6-19(13-17-30)31-21-8-4-3-7-20(21)28-26(31)29-25(33)23-10-9-22(34-23)18-11-14-27-15-12-18/h2-4,7-12,14-15,19H,1,5-6,13,16-17H2,(H,28,29,33)/t19-/m1/s1. The Hall–Kier alpha value is -3.78. The van der Waals surface area contributed by atoms with Crippen molar-refractivity contribution in [2.45, 2.75) is 25.3 Å². The fourth-order valence-electron chi connectivity index (χ4n) is 4.48. The van der Waals surface area contributed by atoms with Crippen molar-refractivity contribution < 1.29 is 9.59 Å². The minimum atomic E-state index is -0.182. The van der Waals surface area contributed by atoms with Crippen LogP contribution in [0.1, 0.15) is 35.0 Å². The maximum Gasteiger partial charge on any atom is 0.268 e. The number of nitrogens with one attached hydrogen (secondary N) is 1. The summed E-state index contributed by atoms with van der Waals surface area (Å²) in [7, 11) is 0. The Kier molecular flexibility index (Phi) is 6.22. The van der Waals surface area contributed by atoms with Crippen molar-refractivity contribution in [2.24, 2.45) is 0 Å². The first-order valence-corrected chi connectivity index (χ1v) is 12.2. The zero-order valence-corrected chi connectivity index (χ0v) is 19.5. The molecule has 8 heteroatoms. The van der Waals surface area contributed by atoms with Crippen molar-refractivity contribution in [3.63, 3.8) is 0 Å². The van der Waals surface area contributed by atoms with Gasteiger partial charge in [0.2, 0.25) is 11.9 Å². The number of likely N-dealkylation sites (tertiary alicyclic amines) is 1. The lowest BCUT2D eigenvalue weighted by Gasteiger charge is -2.21. The van der Waals surface area contributed by atoms with Gasteiger partial charge < -0.3 is 9.47 Å². The molecule has 1 fully saturated rings. The van der Waals surface area contributed by atoms with Crippen molar-refractivity contribution in [1.29, 1.82) is 0 Å². The third-order valence-electron chi connectivity index (χ3n) is 6.16.